The molecule has 1 N–H and O–H groups in total. The lowest BCUT2D eigenvalue weighted by Gasteiger charge is -2.26. The number of nitrogens with zero attached hydrogens (tertiary/aromatic N) is 1. The summed E-state index contributed by atoms with van der Waals surface area (Å²) in [6.45, 7) is 2.74. The van der Waals surface area contributed by atoms with Gasteiger partial charge in [0.15, 0.2) is 5.58 Å². The molecule has 0 unspecified atom stereocenters. The van der Waals surface area contributed by atoms with Gasteiger partial charge >= 0.3 is 5.76 Å². The van der Waals surface area contributed by atoms with Crippen LogP contribution in [0.25, 0.3) is 11.1 Å². The SMILES string of the molecule is Cl.O=c1oc2ccccc2n1CC1CNC1. The van der Waals surface area contributed by atoms with Gasteiger partial charge in [-0.05, 0) is 12.1 Å². The van der Waals surface area contributed by atoms with E-state index in [0.29, 0.717) is 11.5 Å². The van der Waals surface area contributed by atoms with Gasteiger partial charge in [-0.1, -0.05) is 12.1 Å². The summed E-state index contributed by atoms with van der Waals surface area (Å²) < 4.78 is 6.88. The fourth-order valence-corrected chi connectivity index (χ4v) is 1.92. The standard InChI is InChI=1S/C11H12N2O2.ClH/c14-11-13(7-8-5-12-6-8)9-3-1-2-4-10(9)15-11;/h1-4,8,12H,5-7H2;1H. The van der Waals surface area contributed by atoms with Gasteiger partial charge in [0, 0.05) is 25.6 Å². The summed E-state index contributed by atoms with van der Waals surface area (Å²) in [6.07, 6.45) is 0. The zero-order valence-electron chi connectivity index (χ0n) is 8.68. The van der Waals surface area contributed by atoms with Gasteiger partial charge in [0.1, 0.15) is 0 Å². The van der Waals surface area contributed by atoms with E-state index in [1.807, 2.05) is 24.3 Å². The lowest BCUT2D eigenvalue weighted by molar-refractivity contribution is 0.300. The second-order valence-electron chi connectivity index (χ2n) is 3.97. The quantitative estimate of drug-likeness (QED) is 0.859. The third kappa shape index (κ3) is 1.74. The van der Waals surface area contributed by atoms with Crippen molar-refractivity contribution in [1.82, 2.24) is 9.88 Å². The number of benzene rings is 1. The van der Waals surface area contributed by atoms with Gasteiger partial charge in [-0.2, -0.15) is 0 Å². The molecule has 0 bridgehead atoms. The van der Waals surface area contributed by atoms with E-state index < -0.39 is 0 Å². The average Bonchev–Trinajstić information content (AvgIpc) is 2.48. The molecule has 0 atom stereocenters. The van der Waals surface area contributed by atoms with Crippen LogP contribution in [0, 0.1) is 5.92 Å². The molecule has 1 aromatic heterocycles. The van der Waals surface area contributed by atoms with Gasteiger partial charge in [-0.3, -0.25) is 4.57 Å². The highest BCUT2D eigenvalue weighted by Crippen LogP contribution is 2.14. The Kier molecular flexibility index (Phi) is 3.03. The zero-order valence-corrected chi connectivity index (χ0v) is 9.50. The summed E-state index contributed by atoms with van der Waals surface area (Å²) in [4.78, 5) is 11.6. The Labute approximate surface area is 98.7 Å². The van der Waals surface area contributed by atoms with E-state index in [9.17, 15) is 4.79 Å². The molecule has 0 radical (unpaired) electrons. The Morgan fingerprint density at radius 1 is 1.38 bits per heavy atom. The molecule has 1 aliphatic rings. The predicted octanol–water partition coefficient (Wildman–Crippen LogP) is 1.24. The zero-order chi connectivity index (χ0) is 10.3. The molecule has 5 heteroatoms. The van der Waals surface area contributed by atoms with Crippen molar-refractivity contribution in [1.29, 1.82) is 0 Å². The van der Waals surface area contributed by atoms with Gasteiger partial charge in [0.25, 0.3) is 0 Å². The van der Waals surface area contributed by atoms with Crippen LogP contribution in [-0.4, -0.2) is 17.7 Å². The van der Waals surface area contributed by atoms with Crippen LogP contribution in [0.4, 0.5) is 0 Å². The minimum absolute atomic E-state index is 0. The molecule has 0 spiro atoms. The first-order chi connectivity index (χ1) is 7.34. The highest BCUT2D eigenvalue weighted by molar-refractivity contribution is 5.85. The van der Waals surface area contributed by atoms with Crippen LogP contribution in [0.15, 0.2) is 33.5 Å². The average molecular weight is 241 g/mol. The Morgan fingerprint density at radius 3 is 2.81 bits per heavy atom. The highest BCUT2D eigenvalue weighted by atomic mass is 35.5. The first-order valence-electron chi connectivity index (χ1n) is 5.14. The molecule has 1 aliphatic heterocycles. The van der Waals surface area contributed by atoms with E-state index in [1.165, 1.54) is 0 Å². The predicted molar refractivity (Wildman–Crippen MR) is 64.1 cm³/mol. The molecule has 86 valence electrons. The Morgan fingerprint density at radius 2 is 2.12 bits per heavy atom. The van der Waals surface area contributed by atoms with Crippen molar-refractivity contribution in [3.63, 3.8) is 0 Å². The molecule has 4 nitrogen and oxygen atoms in total. The van der Waals surface area contributed by atoms with E-state index in [1.54, 1.807) is 4.57 Å². The summed E-state index contributed by atoms with van der Waals surface area (Å²) in [7, 11) is 0. The topological polar surface area (TPSA) is 47.2 Å². The van der Waals surface area contributed by atoms with E-state index in [4.69, 9.17) is 4.42 Å². The number of nitrogens with one attached hydrogen (secondary N) is 1. The number of halogens is 1. The smallest absolute Gasteiger partial charge is 0.408 e. The van der Waals surface area contributed by atoms with Gasteiger partial charge in [-0.25, -0.2) is 4.79 Å². The Balaban J connectivity index is 0.000000963. The second kappa shape index (κ2) is 4.31. The molecule has 2 heterocycles. The highest BCUT2D eigenvalue weighted by Gasteiger charge is 2.19. The van der Waals surface area contributed by atoms with Crippen LogP contribution in [0.2, 0.25) is 0 Å². The normalized spacial score (nSPS) is 15.8. The maximum Gasteiger partial charge on any atom is 0.419 e. The van der Waals surface area contributed by atoms with Crippen molar-refractivity contribution >= 4 is 23.5 Å². The minimum atomic E-state index is -0.247. The van der Waals surface area contributed by atoms with Gasteiger partial charge in [0.2, 0.25) is 0 Å². The summed E-state index contributed by atoms with van der Waals surface area (Å²) in [5.74, 6) is 0.312. The maximum atomic E-state index is 11.6. The van der Waals surface area contributed by atoms with E-state index in [-0.39, 0.29) is 18.2 Å². The van der Waals surface area contributed by atoms with Crippen LogP contribution in [0.5, 0.6) is 0 Å². The van der Waals surface area contributed by atoms with E-state index in [0.717, 1.165) is 25.2 Å². The Hall–Kier alpha value is -1.26. The van der Waals surface area contributed by atoms with E-state index >= 15 is 0 Å². The molecular weight excluding hydrogens is 228 g/mol. The van der Waals surface area contributed by atoms with Crippen molar-refractivity contribution in [2.45, 2.75) is 6.54 Å². The van der Waals surface area contributed by atoms with Crippen molar-refractivity contribution in [2.75, 3.05) is 13.1 Å². The second-order valence-corrected chi connectivity index (χ2v) is 3.97. The molecule has 0 aliphatic carbocycles. The lowest BCUT2D eigenvalue weighted by atomic mass is 10.0. The van der Waals surface area contributed by atoms with Crippen LogP contribution in [-0.2, 0) is 6.54 Å². The van der Waals surface area contributed by atoms with Gasteiger partial charge in [-0.15, -0.1) is 12.4 Å². The first-order valence-corrected chi connectivity index (χ1v) is 5.14. The van der Waals surface area contributed by atoms with Gasteiger partial charge in [0.05, 0.1) is 5.52 Å². The lowest BCUT2D eigenvalue weighted by Crippen LogP contribution is -2.45. The van der Waals surface area contributed by atoms with Crippen LogP contribution < -0.4 is 11.1 Å². The van der Waals surface area contributed by atoms with Crippen molar-refractivity contribution in [3.8, 4) is 0 Å². The van der Waals surface area contributed by atoms with Gasteiger partial charge < -0.3 is 9.73 Å². The largest absolute Gasteiger partial charge is 0.419 e. The third-order valence-electron chi connectivity index (χ3n) is 2.88. The summed E-state index contributed by atoms with van der Waals surface area (Å²) in [6, 6.07) is 7.55. The molecule has 3 rings (SSSR count). The minimum Gasteiger partial charge on any atom is -0.408 e. The summed E-state index contributed by atoms with van der Waals surface area (Å²) >= 11 is 0. The van der Waals surface area contributed by atoms with E-state index in [2.05, 4.69) is 5.32 Å². The molecule has 1 saturated heterocycles. The third-order valence-corrected chi connectivity index (χ3v) is 2.88. The van der Waals surface area contributed by atoms with Crippen molar-refractivity contribution in [3.05, 3.63) is 34.8 Å². The molecule has 1 fully saturated rings. The molecular formula is C11H13ClN2O2. The summed E-state index contributed by atoms with van der Waals surface area (Å²) in [5, 5.41) is 3.20. The molecule has 2 aromatic rings. The number of aromatic nitrogens is 1. The molecule has 16 heavy (non-hydrogen) atoms. The molecule has 0 saturated carbocycles. The van der Waals surface area contributed by atoms with Crippen LogP contribution in [0.1, 0.15) is 0 Å². The van der Waals surface area contributed by atoms with Crippen LogP contribution >= 0.6 is 12.4 Å². The maximum absolute atomic E-state index is 11.6. The van der Waals surface area contributed by atoms with Crippen LogP contribution in [0.3, 0.4) is 0 Å². The number of rotatable bonds is 2. The number of oxazole rings is 1. The monoisotopic (exact) mass is 240 g/mol. The molecule has 1 aromatic carbocycles. The fraction of sp³-hybridized carbons (Fsp3) is 0.364. The summed E-state index contributed by atoms with van der Waals surface area (Å²) in [5.41, 5.74) is 1.57. The number of hydrogen-bond acceptors (Lipinski definition) is 3. The van der Waals surface area contributed by atoms with Crippen molar-refractivity contribution < 1.29 is 4.42 Å². The Bertz CT molecular complexity index is 542. The number of para-hydroxylation sites is 2. The molecule has 0 amide bonds. The first kappa shape index (κ1) is 11.2. The van der Waals surface area contributed by atoms with Crippen molar-refractivity contribution in [2.24, 2.45) is 5.92 Å². The number of hydrogen-bond donors (Lipinski definition) is 1. The number of fused-ring (bicyclic) bond motifs is 1. The fourth-order valence-electron chi connectivity index (χ4n) is 1.92.